The maximum Gasteiger partial charge on any atom is 0.265 e. The summed E-state index contributed by atoms with van der Waals surface area (Å²) in [5.74, 6) is 0.353. The van der Waals surface area contributed by atoms with Gasteiger partial charge >= 0.3 is 0 Å². The molecule has 7 heteroatoms. The first kappa shape index (κ1) is 16.2. The number of likely N-dealkylation sites (tertiary alicyclic amines) is 1. The molecular weight excluding hydrogens is 334 g/mol. The summed E-state index contributed by atoms with van der Waals surface area (Å²) in [6.07, 6.45) is 3.83. The van der Waals surface area contributed by atoms with Crippen molar-refractivity contribution in [2.24, 2.45) is 7.05 Å². The zero-order chi connectivity index (χ0) is 17.6. The van der Waals surface area contributed by atoms with Crippen molar-refractivity contribution < 1.29 is 4.79 Å². The standard InChI is InChI=1S/C18H21N5OS/c1-11-16(25-12(2)20-11)18(24)23-9-5-6-13(10-23)15-14-7-4-8-19-17(14)22(3)21-15/h4,7-8,13H,5-6,9-10H2,1-3H3. The molecule has 1 aliphatic rings. The molecule has 0 radical (unpaired) electrons. The highest BCUT2D eigenvalue weighted by atomic mass is 32.1. The number of aryl methyl sites for hydroxylation is 3. The lowest BCUT2D eigenvalue weighted by atomic mass is 9.93. The second-order valence-corrected chi connectivity index (χ2v) is 7.82. The molecule has 1 amide bonds. The highest BCUT2D eigenvalue weighted by Gasteiger charge is 2.30. The van der Waals surface area contributed by atoms with E-state index in [0.29, 0.717) is 6.54 Å². The van der Waals surface area contributed by atoms with Crippen molar-refractivity contribution in [2.75, 3.05) is 13.1 Å². The van der Waals surface area contributed by atoms with E-state index in [4.69, 9.17) is 5.10 Å². The van der Waals surface area contributed by atoms with Gasteiger partial charge in [-0.25, -0.2) is 9.97 Å². The van der Waals surface area contributed by atoms with Crippen molar-refractivity contribution in [3.63, 3.8) is 0 Å². The Labute approximate surface area is 150 Å². The molecule has 130 valence electrons. The number of fused-ring (bicyclic) bond motifs is 1. The molecule has 0 N–H and O–H groups in total. The van der Waals surface area contributed by atoms with E-state index in [9.17, 15) is 4.79 Å². The lowest BCUT2D eigenvalue weighted by molar-refractivity contribution is 0.0710. The zero-order valence-corrected chi connectivity index (χ0v) is 15.5. The molecule has 0 aromatic carbocycles. The Bertz CT molecular complexity index is 944. The summed E-state index contributed by atoms with van der Waals surface area (Å²) >= 11 is 1.49. The SMILES string of the molecule is Cc1nc(C)c(C(=O)N2CCCC(c3nn(C)c4ncccc34)C2)s1. The van der Waals surface area contributed by atoms with Gasteiger partial charge in [0.2, 0.25) is 0 Å². The van der Waals surface area contributed by atoms with E-state index in [1.807, 2.05) is 36.5 Å². The Morgan fingerprint density at radius 2 is 2.20 bits per heavy atom. The number of pyridine rings is 1. The van der Waals surface area contributed by atoms with Crippen LogP contribution in [0.1, 0.15) is 44.8 Å². The number of rotatable bonds is 2. The van der Waals surface area contributed by atoms with E-state index in [-0.39, 0.29) is 11.8 Å². The predicted octanol–water partition coefficient (Wildman–Crippen LogP) is 3.06. The first-order chi connectivity index (χ1) is 12.0. The lowest BCUT2D eigenvalue weighted by Crippen LogP contribution is -2.39. The lowest BCUT2D eigenvalue weighted by Gasteiger charge is -2.32. The van der Waals surface area contributed by atoms with Crippen LogP contribution in [0.4, 0.5) is 0 Å². The van der Waals surface area contributed by atoms with Crippen molar-refractivity contribution in [1.82, 2.24) is 24.6 Å². The molecule has 25 heavy (non-hydrogen) atoms. The van der Waals surface area contributed by atoms with Crippen molar-refractivity contribution in [2.45, 2.75) is 32.6 Å². The number of amides is 1. The van der Waals surface area contributed by atoms with Crippen LogP contribution in [0.5, 0.6) is 0 Å². The minimum absolute atomic E-state index is 0.103. The van der Waals surface area contributed by atoms with E-state index >= 15 is 0 Å². The van der Waals surface area contributed by atoms with Crippen LogP contribution in [0, 0.1) is 13.8 Å². The van der Waals surface area contributed by atoms with Gasteiger partial charge in [0.1, 0.15) is 4.88 Å². The van der Waals surface area contributed by atoms with Gasteiger partial charge in [0.25, 0.3) is 5.91 Å². The van der Waals surface area contributed by atoms with Crippen LogP contribution in [0.25, 0.3) is 11.0 Å². The Kier molecular flexibility index (Phi) is 4.03. The first-order valence-corrected chi connectivity index (χ1v) is 9.37. The molecule has 4 rings (SSSR count). The van der Waals surface area contributed by atoms with Crippen molar-refractivity contribution >= 4 is 28.3 Å². The summed E-state index contributed by atoms with van der Waals surface area (Å²) in [6, 6.07) is 4.02. The quantitative estimate of drug-likeness (QED) is 0.709. The molecule has 0 bridgehead atoms. The van der Waals surface area contributed by atoms with Crippen molar-refractivity contribution in [1.29, 1.82) is 0 Å². The number of carbonyl (C=O) groups is 1. The van der Waals surface area contributed by atoms with Crippen LogP contribution in [0.15, 0.2) is 18.3 Å². The number of thiazole rings is 1. The van der Waals surface area contributed by atoms with E-state index in [1.165, 1.54) is 11.3 Å². The summed E-state index contributed by atoms with van der Waals surface area (Å²) in [6.45, 7) is 5.36. The molecule has 1 aliphatic heterocycles. The summed E-state index contributed by atoms with van der Waals surface area (Å²) in [5, 5.41) is 6.74. The van der Waals surface area contributed by atoms with Crippen molar-refractivity contribution in [3.05, 3.63) is 39.6 Å². The van der Waals surface area contributed by atoms with Crippen LogP contribution in [0.3, 0.4) is 0 Å². The van der Waals surface area contributed by atoms with Crippen LogP contribution in [-0.4, -0.2) is 43.6 Å². The van der Waals surface area contributed by atoms with Gasteiger partial charge in [-0.2, -0.15) is 5.10 Å². The molecular formula is C18H21N5OS. The summed E-state index contributed by atoms with van der Waals surface area (Å²) in [4.78, 5) is 24.5. The van der Waals surface area contributed by atoms with Crippen LogP contribution < -0.4 is 0 Å². The van der Waals surface area contributed by atoms with Gasteiger partial charge in [-0.1, -0.05) is 0 Å². The fraction of sp³-hybridized carbons (Fsp3) is 0.444. The molecule has 1 atom stereocenters. The monoisotopic (exact) mass is 355 g/mol. The topological polar surface area (TPSA) is 63.9 Å². The average Bonchev–Trinajstić information content (AvgIpc) is 3.14. The zero-order valence-electron chi connectivity index (χ0n) is 14.7. The summed E-state index contributed by atoms with van der Waals surface area (Å²) < 4.78 is 1.84. The van der Waals surface area contributed by atoms with Crippen LogP contribution in [0.2, 0.25) is 0 Å². The number of nitrogens with zero attached hydrogens (tertiary/aromatic N) is 5. The number of aromatic nitrogens is 4. The fourth-order valence-corrected chi connectivity index (χ4v) is 4.57. The molecule has 3 aromatic rings. The van der Waals surface area contributed by atoms with Gasteiger partial charge < -0.3 is 4.90 Å². The molecule has 3 aromatic heterocycles. The van der Waals surface area contributed by atoms with Gasteiger partial charge in [0.15, 0.2) is 5.65 Å². The second-order valence-electron chi connectivity index (χ2n) is 6.62. The van der Waals surface area contributed by atoms with E-state index in [0.717, 1.165) is 51.7 Å². The molecule has 0 saturated carbocycles. The highest BCUT2D eigenvalue weighted by molar-refractivity contribution is 7.13. The maximum atomic E-state index is 12.9. The number of carbonyl (C=O) groups excluding carboxylic acids is 1. The van der Waals surface area contributed by atoms with Crippen LogP contribution >= 0.6 is 11.3 Å². The molecule has 6 nitrogen and oxygen atoms in total. The maximum absolute atomic E-state index is 12.9. The van der Waals surface area contributed by atoms with Gasteiger partial charge in [-0.3, -0.25) is 9.48 Å². The molecule has 0 spiro atoms. The Morgan fingerprint density at radius 1 is 1.36 bits per heavy atom. The second kappa shape index (κ2) is 6.22. The number of hydrogen-bond donors (Lipinski definition) is 0. The largest absolute Gasteiger partial charge is 0.337 e. The Morgan fingerprint density at radius 3 is 2.96 bits per heavy atom. The molecule has 1 fully saturated rings. The van der Waals surface area contributed by atoms with Crippen molar-refractivity contribution in [3.8, 4) is 0 Å². The van der Waals surface area contributed by atoms with Gasteiger partial charge in [0, 0.05) is 37.6 Å². The highest BCUT2D eigenvalue weighted by Crippen LogP contribution is 2.32. The first-order valence-electron chi connectivity index (χ1n) is 8.55. The third-order valence-electron chi connectivity index (χ3n) is 4.82. The molecule has 1 saturated heterocycles. The van der Waals surface area contributed by atoms with Gasteiger partial charge in [0.05, 0.1) is 16.4 Å². The average molecular weight is 355 g/mol. The third kappa shape index (κ3) is 2.82. The van der Waals surface area contributed by atoms with Gasteiger partial charge in [-0.15, -0.1) is 11.3 Å². The smallest absolute Gasteiger partial charge is 0.265 e. The Balaban J connectivity index is 1.62. The van der Waals surface area contributed by atoms with E-state index in [2.05, 4.69) is 16.0 Å². The third-order valence-corrected chi connectivity index (χ3v) is 5.88. The van der Waals surface area contributed by atoms with E-state index < -0.39 is 0 Å². The minimum Gasteiger partial charge on any atom is -0.337 e. The van der Waals surface area contributed by atoms with Gasteiger partial charge in [-0.05, 0) is 38.8 Å². The number of hydrogen-bond acceptors (Lipinski definition) is 5. The normalized spacial score (nSPS) is 18.0. The molecule has 1 unspecified atom stereocenters. The summed E-state index contributed by atoms with van der Waals surface area (Å²) in [7, 11) is 1.92. The van der Waals surface area contributed by atoms with Crippen LogP contribution in [-0.2, 0) is 7.05 Å². The van der Waals surface area contributed by atoms with E-state index in [1.54, 1.807) is 6.20 Å². The minimum atomic E-state index is 0.103. The summed E-state index contributed by atoms with van der Waals surface area (Å²) in [5.41, 5.74) is 2.79. The molecule has 0 aliphatic carbocycles. The fourth-order valence-electron chi connectivity index (χ4n) is 3.68. The number of piperidine rings is 1. The molecule has 4 heterocycles. The predicted molar refractivity (Wildman–Crippen MR) is 98.0 cm³/mol. The Hall–Kier alpha value is -2.28.